The summed E-state index contributed by atoms with van der Waals surface area (Å²) in [7, 11) is 0. The van der Waals surface area contributed by atoms with Gasteiger partial charge in [0, 0.05) is 23.6 Å². The zero-order chi connectivity index (χ0) is 11.0. The standard InChI is InChI=1S/C9H6N2O4/c12-8-4-9(13)10-7-3-5(11(14)15)1-2-6(7)8/h1-4H,(H2,10,12,13). The molecule has 0 atom stereocenters. The molecule has 76 valence electrons. The fraction of sp³-hybridized carbons (Fsp3) is 0. The number of hydrogen-bond acceptors (Lipinski definition) is 4. The van der Waals surface area contributed by atoms with Gasteiger partial charge in [-0.25, -0.2) is 0 Å². The topological polar surface area (TPSA) is 96.2 Å². The van der Waals surface area contributed by atoms with Gasteiger partial charge < -0.3 is 10.1 Å². The number of H-pyrrole nitrogens is 1. The molecule has 0 amide bonds. The minimum absolute atomic E-state index is 0.135. The van der Waals surface area contributed by atoms with E-state index < -0.39 is 10.5 Å². The highest BCUT2D eigenvalue weighted by molar-refractivity contribution is 5.86. The van der Waals surface area contributed by atoms with Gasteiger partial charge in [0.25, 0.3) is 11.2 Å². The minimum atomic E-state index is -0.568. The maximum atomic E-state index is 11.0. The van der Waals surface area contributed by atoms with Crippen molar-refractivity contribution in [2.75, 3.05) is 0 Å². The highest BCUT2D eigenvalue weighted by Crippen LogP contribution is 2.24. The van der Waals surface area contributed by atoms with Crippen LogP contribution in [-0.2, 0) is 0 Å². The van der Waals surface area contributed by atoms with Gasteiger partial charge in [-0.05, 0) is 6.07 Å². The quantitative estimate of drug-likeness (QED) is 0.540. The Morgan fingerprint density at radius 1 is 1.33 bits per heavy atom. The van der Waals surface area contributed by atoms with Crippen LogP contribution in [0.3, 0.4) is 0 Å². The van der Waals surface area contributed by atoms with Crippen molar-refractivity contribution in [3.8, 4) is 5.75 Å². The summed E-state index contributed by atoms with van der Waals surface area (Å²) in [6.45, 7) is 0. The number of nitrogens with zero attached hydrogens (tertiary/aromatic N) is 1. The summed E-state index contributed by atoms with van der Waals surface area (Å²) in [5.74, 6) is -0.191. The van der Waals surface area contributed by atoms with Crippen LogP contribution >= 0.6 is 0 Å². The molecule has 0 aliphatic carbocycles. The van der Waals surface area contributed by atoms with Gasteiger partial charge in [0.05, 0.1) is 10.4 Å². The van der Waals surface area contributed by atoms with Crippen molar-refractivity contribution in [1.29, 1.82) is 0 Å². The van der Waals surface area contributed by atoms with Crippen LogP contribution in [0.5, 0.6) is 5.75 Å². The predicted octanol–water partition coefficient (Wildman–Crippen LogP) is 1.14. The highest BCUT2D eigenvalue weighted by atomic mass is 16.6. The van der Waals surface area contributed by atoms with Crippen LogP contribution in [0.4, 0.5) is 5.69 Å². The van der Waals surface area contributed by atoms with E-state index in [4.69, 9.17) is 0 Å². The Kier molecular flexibility index (Phi) is 1.89. The number of fused-ring (bicyclic) bond motifs is 1. The number of nitrogens with one attached hydrogen (secondary N) is 1. The number of aromatic hydroxyl groups is 1. The molecular weight excluding hydrogens is 200 g/mol. The van der Waals surface area contributed by atoms with E-state index in [9.17, 15) is 20.0 Å². The zero-order valence-electron chi connectivity index (χ0n) is 7.43. The molecular formula is C9H6N2O4. The second-order valence-electron chi connectivity index (χ2n) is 3.01. The van der Waals surface area contributed by atoms with Crippen LogP contribution in [-0.4, -0.2) is 15.0 Å². The van der Waals surface area contributed by atoms with Gasteiger partial charge in [-0.3, -0.25) is 14.9 Å². The van der Waals surface area contributed by atoms with Crippen LogP contribution in [0.15, 0.2) is 29.1 Å². The first-order valence-electron chi connectivity index (χ1n) is 4.08. The minimum Gasteiger partial charge on any atom is -0.507 e. The summed E-state index contributed by atoms with van der Waals surface area (Å²) >= 11 is 0. The summed E-state index contributed by atoms with van der Waals surface area (Å²) in [6, 6.07) is 4.88. The van der Waals surface area contributed by atoms with Crippen molar-refractivity contribution in [2.24, 2.45) is 0 Å². The van der Waals surface area contributed by atoms with Crippen LogP contribution in [0, 0.1) is 10.1 Å². The third-order valence-corrected chi connectivity index (χ3v) is 2.02. The molecule has 0 unspecified atom stereocenters. The number of nitro benzene ring substituents is 1. The number of non-ortho nitro benzene ring substituents is 1. The van der Waals surface area contributed by atoms with Crippen molar-refractivity contribution < 1.29 is 10.0 Å². The summed E-state index contributed by atoms with van der Waals surface area (Å²) in [5, 5.41) is 20.2. The Bertz CT molecular complexity index is 603. The number of aromatic amines is 1. The fourth-order valence-corrected chi connectivity index (χ4v) is 1.34. The molecule has 6 heteroatoms. The lowest BCUT2D eigenvalue weighted by Gasteiger charge is -1.99. The molecule has 0 bridgehead atoms. The number of hydrogen-bond donors (Lipinski definition) is 2. The molecule has 0 saturated heterocycles. The van der Waals surface area contributed by atoms with Gasteiger partial charge in [0.15, 0.2) is 0 Å². The number of nitro groups is 1. The third-order valence-electron chi connectivity index (χ3n) is 2.02. The first-order valence-corrected chi connectivity index (χ1v) is 4.08. The summed E-state index contributed by atoms with van der Waals surface area (Å²) in [5.41, 5.74) is -0.390. The first kappa shape index (κ1) is 9.20. The maximum absolute atomic E-state index is 11.0. The number of pyridine rings is 1. The first-order chi connectivity index (χ1) is 7.08. The second kappa shape index (κ2) is 3.09. The summed E-state index contributed by atoms with van der Waals surface area (Å²) in [6.07, 6.45) is 0. The smallest absolute Gasteiger partial charge is 0.271 e. The molecule has 0 spiro atoms. The van der Waals surface area contributed by atoms with E-state index in [2.05, 4.69) is 4.98 Å². The van der Waals surface area contributed by atoms with Gasteiger partial charge in [0.2, 0.25) is 0 Å². The van der Waals surface area contributed by atoms with E-state index in [1.165, 1.54) is 18.2 Å². The van der Waals surface area contributed by atoms with E-state index in [-0.39, 0.29) is 17.0 Å². The molecule has 2 aromatic rings. The van der Waals surface area contributed by atoms with Crippen LogP contribution in [0.1, 0.15) is 0 Å². The molecule has 1 aromatic carbocycles. The lowest BCUT2D eigenvalue weighted by atomic mass is 10.2. The van der Waals surface area contributed by atoms with Crippen molar-refractivity contribution in [1.82, 2.24) is 4.98 Å². The zero-order valence-corrected chi connectivity index (χ0v) is 7.43. The van der Waals surface area contributed by atoms with Gasteiger partial charge in [0.1, 0.15) is 5.75 Å². The Morgan fingerprint density at radius 3 is 2.73 bits per heavy atom. The van der Waals surface area contributed by atoms with E-state index in [1.807, 2.05) is 0 Å². The largest absolute Gasteiger partial charge is 0.507 e. The predicted molar refractivity (Wildman–Crippen MR) is 52.9 cm³/mol. The Hall–Kier alpha value is -2.37. The number of benzene rings is 1. The Labute approximate surface area is 82.9 Å². The monoisotopic (exact) mass is 206 g/mol. The van der Waals surface area contributed by atoms with Crippen molar-refractivity contribution in [3.05, 3.63) is 44.7 Å². The van der Waals surface area contributed by atoms with E-state index in [0.29, 0.717) is 5.39 Å². The summed E-state index contributed by atoms with van der Waals surface area (Å²) in [4.78, 5) is 23.3. The number of rotatable bonds is 1. The van der Waals surface area contributed by atoms with Gasteiger partial charge in [-0.2, -0.15) is 0 Å². The molecule has 1 aromatic heterocycles. The molecule has 0 aliphatic rings. The van der Waals surface area contributed by atoms with Crippen LogP contribution in [0.2, 0.25) is 0 Å². The van der Waals surface area contributed by atoms with Crippen LogP contribution in [0.25, 0.3) is 10.9 Å². The molecule has 2 N–H and O–H groups in total. The van der Waals surface area contributed by atoms with Crippen molar-refractivity contribution >= 4 is 16.6 Å². The summed E-state index contributed by atoms with van der Waals surface area (Å²) < 4.78 is 0. The normalized spacial score (nSPS) is 10.4. The molecule has 6 nitrogen and oxygen atoms in total. The SMILES string of the molecule is O=c1cc(O)c2ccc([N+](=O)[O-])cc2[nH]1. The molecule has 0 saturated carbocycles. The Morgan fingerprint density at radius 2 is 2.07 bits per heavy atom. The highest BCUT2D eigenvalue weighted by Gasteiger charge is 2.08. The van der Waals surface area contributed by atoms with Gasteiger partial charge >= 0.3 is 0 Å². The van der Waals surface area contributed by atoms with Crippen molar-refractivity contribution in [3.63, 3.8) is 0 Å². The average Bonchev–Trinajstić information content (AvgIpc) is 2.16. The second-order valence-corrected chi connectivity index (χ2v) is 3.01. The maximum Gasteiger partial charge on any atom is 0.271 e. The van der Waals surface area contributed by atoms with Crippen LogP contribution < -0.4 is 5.56 Å². The van der Waals surface area contributed by atoms with E-state index in [1.54, 1.807) is 0 Å². The van der Waals surface area contributed by atoms with Crippen molar-refractivity contribution in [2.45, 2.75) is 0 Å². The number of aromatic nitrogens is 1. The molecule has 15 heavy (non-hydrogen) atoms. The molecule has 0 fully saturated rings. The lowest BCUT2D eigenvalue weighted by molar-refractivity contribution is -0.384. The average molecular weight is 206 g/mol. The molecule has 1 heterocycles. The lowest BCUT2D eigenvalue weighted by Crippen LogP contribution is -2.03. The fourth-order valence-electron chi connectivity index (χ4n) is 1.34. The van der Waals surface area contributed by atoms with E-state index >= 15 is 0 Å². The Balaban J connectivity index is 2.82. The molecule has 2 rings (SSSR count). The molecule has 0 aliphatic heterocycles. The molecule has 0 radical (unpaired) electrons. The van der Waals surface area contributed by atoms with Gasteiger partial charge in [-0.15, -0.1) is 0 Å². The third kappa shape index (κ3) is 1.52. The van der Waals surface area contributed by atoms with Gasteiger partial charge in [-0.1, -0.05) is 0 Å². The van der Waals surface area contributed by atoms with E-state index in [0.717, 1.165) is 6.07 Å².